The van der Waals surface area contributed by atoms with Gasteiger partial charge < -0.3 is 10.2 Å². The summed E-state index contributed by atoms with van der Waals surface area (Å²) in [5.41, 5.74) is 1.90. The number of carboxylic acid groups (broad SMARTS) is 2. The number of hydrogen-bond donors (Lipinski definition) is 2. The monoisotopic (exact) mass is 255 g/mol. The van der Waals surface area contributed by atoms with E-state index in [1.807, 2.05) is 13.0 Å². The summed E-state index contributed by atoms with van der Waals surface area (Å²) < 4.78 is 0. The van der Waals surface area contributed by atoms with E-state index in [4.69, 9.17) is 10.2 Å². The number of aryl methyl sites for hydroxylation is 1. The van der Waals surface area contributed by atoms with Gasteiger partial charge in [0.25, 0.3) is 5.69 Å². The van der Waals surface area contributed by atoms with Gasteiger partial charge in [-0.05, 0) is 19.4 Å². The van der Waals surface area contributed by atoms with Crippen molar-refractivity contribution in [3.63, 3.8) is 0 Å². The van der Waals surface area contributed by atoms with Gasteiger partial charge in [-0.15, -0.1) is 0 Å². The van der Waals surface area contributed by atoms with Gasteiger partial charge in [0.2, 0.25) is 0 Å². The highest BCUT2D eigenvalue weighted by Crippen LogP contribution is 2.19. The van der Waals surface area contributed by atoms with Crippen molar-refractivity contribution >= 4 is 17.6 Å². The molecule has 0 aliphatic heterocycles. The van der Waals surface area contributed by atoms with E-state index in [1.165, 1.54) is 6.07 Å². The number of nitro groups is 1. The third-order valence-electron chi connectivity index (χ3n) is 2.08. The molecule has 18 heavy (non-hydrogen) atoms. The smallest absolute Gasteiger partial charge is 0.314 e. The predicted octanol–water partition coefficient (Wildman–Crippen LogP) is 1.76. The second-order valence-electron chi connectivity index (χ2n) is 3.44. The van der Waals surface area contributed by atoms with Gasteiger partial charge in [-0.1, -0.05) is 12.1 Å². The summed E-state index contributed by atoms with van der Waals surface area (Å²) in [5.74, 6) is -2.62. The molecule has 1 rings (SSSR count). The van der Waals surface area contributed by atoms with E-state index >= 15 is 0 Å². The van der Waals surface area contributed by atoms with E-state index in [1.54, 1.807) is 13.0 Å². The van der Waals surface area contributed by atoms with E-state index in [0.29, 0.717) is 0 Å². The molecule has 7 nitrogen and oxygen atoms in total. The van der Waals surface area contributed by atoms with Crippen molar-refractivity contribution in [3.05, 3.63) is 39.4 Å². The Morgan fingerprint density at radius 1 is 1.22 bits per heavy atom. The standard InChI is InChI=1S/C8H9NO2.C3H4O4/c1-6-4-3-5-8(7(6)2)9(10)11;4-2(5)1-3(6)7/h3-5H,1-2H3;1H2,(H,4,5)(H,6,7). The van der Waals surface area contributed by atoms with Gasteiger partial charge in [0.05, 0.1) is 4.92 Å². The fraction of sp³-hybridized carbons (Fsp3) is 0.273. The number of rotatable bonds is 3. The molecule has 1 aromatic carbocycles. The second-order valence-corrected chi connectivity index (χ2v) is 3.44. The van der Waals surface area contributed by atoms with Crippen LogP contribution < -0.4 is 0 Å². The van der Waals surface area contributed by atoms with Crippen LogP contribution >= 0.6 is 0 Å². The van der Waals surface area contributed by atoms with Gasteiger partial charge in [-0.25, -0.2) is 0 Å². The number of nitro benzene ring substituents is 1. The molecule has 0 heterocycles. The third kappa shape index (κ3) is 5.59. The third-order valence-corrected chi connectivity index (χ3v) is 2.08. The number of carbonyl (C=O) groups is 2. The largest absolute Gasteiger partial charge is 0.481 e. The molecule has 0 unspecified atom stereocenters. The highest BCUT2D eigenvalue weighted by molar-refractivity contribution is 5.88. The molecular formula is C11H13NO6. The molecule has 0 fully saturated rings. The topological polar surface area (TPSA) is 118 Å². The minimum absolute atomic E-state index is 0.199. The molecular weight excluding hydrogens is 242 g/mol. The summed E-state index contributed by atoms with van der Waals surface area (Å²) in [4.78, 5) is 28.9. The Morgan fingerprint density at radius 3 is 2.00 bits per heavy atom. The van der Waals surface area contributed by atoms with Crippen LogP contribution in [0.15, 0.2) is 18.2 Å². The van der Waals surface area contributed by atoms with Crippen LogP contribution in [-0.4, -0.2) is 27.1 Å². The summed E-state index contributed by atoms with van der Waals surface area (Å²) in [7, 11) is 0. The molecule has 2 N–H and O–H groups in total. The Bertz CT molecular complexity index is 457. The van der Waals surface area contributed by atoms with Crippen LogP contribution in [-0.2, 0) is 9.59 Å². The molecule has 98 valence electrons. The molecule has 0 saturated heterocycles. The molecule has 0 atom stereocenters. The van der Waals surface area contributed by atoms with Crippen molar-refractivity contribution in [2.24, 2.45) is 0 Å². The van der Waals surface area contributed by atoms with Crippen molar-refractivity contribution < 1.29 is 24.7 Å². The van der Waals surface area contributed by atoms with E-state index in [0.717, 1.165) is 11.1 Å². The molecule has 0 aliphatic rings. The fourth-order valence-corrected chi connectivity index (χ4v) is 1.06. The maximum atomic E-state index is 10.4. The lowest BCUT2D eigenvalue weighted by Gasteiger charge is -1.98. The zero-order valence-electron chi connectivity index (χ0n) is 9.91. The van der Waals surface area contributed by atoms with Gasteiger partial charge in [0.15, 0.2) is 0 Å². The van der Waals surface area contributed by atoms with Gasteiger partial charge in [-0.3, -0.25) is 19.7 Å². The van der Waals surface area contributed by atoms with Gasteiger partial charge in [-0.2, -0.15) is 0 Å². The fourth-order valence-electron chi connectivity index (χ4n) is 1.06. The molecule has 1 aromatic rings. The van der Waals surface area contributed by atoms with Crippen molar-refractivity contribution in [1.29, 1.82) is 0 Å². The number of hydrogen-bond acceptors (Lipinski definition) is 4. The van der Waals surface area contributed by atoms with Crippen LogP contribution in [0.1, 0.15) is 17.5 Å². The van der Waals surface area contributed by atoms with Crippen LogP contribution in [0.4, 0.5) is 5.69 Å². The quantitative estimate of drug-likeness (QED) is 0.482. The maximum Gasteiger partial charge on any atom is 0.314 e. The average Bonchev–Trinajstić information content (AvgIpc) is 2.20. The number of nitrogens with zero attached hydrogens (tertiary/aromatic N) is 1. The molecule has 0 aliphatic carbocycles. The lowest BCUT2D eigenvalue weighted by molar-refractivity contribution is -0.385. The second kappa shape index (κ2) is 7.00. The van der Waals surface area contributed by atoms with E-state index in [2.05, 4.69) is 0 Å². The lowest BCUT2D eigenvalue weighted by atomic mass is 10.1. The van der Waals surface area contributed by atoms with Crippen molar-refractivity contribution in [2.45, 2.75) is 20.3 Å². The van der Waals surface area contributed by atoms with Gasteiger partial charge in [0.1, 0.15) is 6.42 Å². The molecule has 0 spiro atoms. The van der Waals surface area contributed by atoms with Crippen LogP contribution in [0.3, 0.4) is 0 Å². The first kappa shape index (κ1) is 15.6. The Kier molecular flexibility index (Phi) is 6.05. The van der Waals surface area contributed by atoms with E-state index in [-0.39, 0.29) is 10.6 Å². The Labute approximate surface area is 103 Å². The predicted molar refractivity (Wildman–Crippen MR) is 62.5 cm³/mol. The molecule has 0 radical (unpaired) electrons. The summed E-state index contributed by atoms with van der Waals surface area (Å²) in [6, 6.07) is 5.07. The number of carboxylic acids is 2. The van der Waals surface area contributed by atoms with Gasteiger partial charge in [0, 0.05) is 11.6 Å². The first-order valence-electron chi connectivity index (χ1n) is 4.90. The molecule has 0 bridgehead atoms. The zero-order valence-corrected chi connectivity index (χ0v) is 9.91. The van der Waals surface area contributed by atoms with Crippen molar-refractivity contribution in [2.75, 3.05) is 0 Å². The summed E-state index contributed by atoms with van der Waals surface area (Å²) in [6.45, 7) is 3.62. The summed E-state index contributed by atoms with van der Waals surface area (Å²) in [6.07, 6.45) is -0.806. The van der Waals surface area contributed by atoms with E-state index in [9.17, 15) is 19.7 Å². The molecule has 0 aromatic heterocycles. The SMILES string of the molecule is Cc1cccc([N+](=O)[O-])c1C.O=C(O)CC(=O)O. The van der Waals surface area contributed by atoms with Crippen LogP contribution in [0.2, 0.25) is 0 Å². The van der Waals surface area contributed by atoms with Crippen molar-refractivity contribution in [1.82, 2.24) is 0 Å². The minimum Gasteiger partial charge on any atom is -0.481 e. The average molecular weight is 255 g/mol. The highest BCUT2D eigenvalue weighted by Gasteiger charge is 2.09. The number of aliphatic carboxylic acids is 2. The Morgan fingerprint density at radius 2 is 1.72 bits per heavy atom. The normalized spacial score (nSPS) is 9.00. The highest BCUT2D eigenvalue weighted by atomic mass is 16.6. The Balaban J connectivity index is 0.000000360. The minimum atomic E-state index is -1.31. The zero-order chi connectivity index (χ0) is 14.3. The van der Waals surface area contributed by atoms with Crippen LogP contribution in [0, 0.1) is 24.0 Å². The summed E-state index contributed by atoms with van der Waals surface area (Å²) in [5, 5.41) is 25.8. The summed E-state index contributed by atoms with van der Waals surface area (Å²) >= 11 is 0. The first-order chi connectivity index (χ1) is 8.25. The van der Waals surface area contributed by atoms with Gasteiger partial charge >= 0.3 is 11.9 Å². The van der Waals surface area contributed by atoms with Crippen LogP contribution in [0.5, 0.6) is 0 Å². The Hall–Kier alpha value is -2.44. The first-order valence-corrected chi connectivity index (χ1v) is 4.90. The molecule has 0 amide bonds. The molecule has 7 heteroatoms. The molecule has 0 saturated carbocycles. The maximum absolute atomic E-state index is 10.4. The lowest BCUT2D eigenvalue weighted by Crippen LogP contribution is -2.03. The van der Waals surface area contributed by atoms with Crippen LogP contribution in [0.25, 0.3) is 0 Å². The van der Waals surface area contributed by atoms with Crippen molar-refractivity contribution in [3.8, 4) is 0 Å². The number of benzene rings is 1. The van der Waals surface area contributed by atoms with E-state index < -0.39 is 18.4 Å².